The summed E-state index contributed by atoms with van der Waals surface area (Å²) in [4.78, 5) is 19.9. The molecular weight excluding hydrogens is 290 g/mol. The van der Waals surface area contributed by atoms with E-state index in [4.69, 9.17) is 16.0 Å². The molecule has 2 heterocycles. The molecule has 3 rings (SSSR count). The number of carbonyl (C=O) groups excluding carboxylic acids is 1. The largest absolute Gasteiger partial charge is 0.444 e. The first-order valence-electron chi connectivity index (χ1n) is 6.14. The summed E-state index contributed by atoms with van der Waals surface area (Å²) in [6.07, 6.45) is 6.02. The van der Waals surface area contributed by atoms with Gasteiger partial charge in [0.05, 0.1) is 16.9 Å². The minimum absolute atomic E-state index is 0.243. The summed E-state index contributed by atoms with van der Waals surface area (Å²) >= 11 is 5.95. The van der Waals surface area contributed by atoms with Crippen molar-refractivity contribution in [1.82, 2.24) is 9.97 Å². The van der Waals surface area contributed by atoms with E-state index in [-0.39, 0.29) is 5.91 Å². The maximum Gasteiger partial charge on any atom is 0.255 e. The normalized spacial score (nSPS) is 10.3. The second-order valence-corrected chi connectivity index (χ2v) is 4.66. The molecule has 3 aromatic rings. The van der Waals surface area contributed by atoms with Gasteiger partial charge >= 0.3 is 0 Å². The van der Waals surface area contributed by atoms with Crippen LogP contribution in [-0.4, -0.2) is 15.9 Å². The molecule has 0 aliphatic rings. The first-order valence-corrected chi connectivity index (χ1v) is 6.51. The van der Waals surface area contributed by atoms with E-state index in [1.54, 1.807) is 42.7 Å². The maximum absolute atomic E-state index is 12.1. The first kappa shape index (κ1) is 13.3. The number of nitrogens with one attached hydrogen (secondary N) is 1. The van der Waals surface area contributed by atoms with Gasteiger partial charge in [-0.2, -0.15) is 0 Å². The molecule has 0 fully saturated rings. The van der Waals surface area contributed by atoms with Crippen LogP contribution in [0, 0.1) is 0 Å². The standard InChI is InChI=1S/C15H10ClN3O2/c16-12-7-17-6-5-13(12)19-15(20)11-3-1-10(2-4-11)14-8-18-9-21-14/h1-9H,(H,17,19,20). The molecule has 0 spiro atoms. The molecule has 0 atom stereocenters. The Morgan fingerprint density at radius 3 is 2.57 bits per heavy atom. The van der Waals surface area contributed by atoms with Gasteiger partial charge in [0.2, 0.25) is 0 Å². The van der Waals surface area contributed by atoms with E-state index in [0.717, 1.165) is 5.56 Å². The molecule has 1 aromatic carbocycles. The highest BCUT2D eigenvalue weighted by Crippen LogP contribution is 2.22. The van der Waals surface area contributed by atoms with Crippen LogP contribution >= 0.6 is 11.6 Å². The van der Waals surface area contributed by atoms with Gasteiger partial charge < -0.3 is 9.73 Å². The Kier molecular flexibility index (Phi) is 3.66. The number of benzene rings is 1. The van der Waals surface area contributed by atoms with Gasteiger partial charge in [0.25, 0.3) is 5.91 Å². The van der Waals surface area contributed by atoms with Crippen LogP contribution in [0.15, 0.2) is 59.7 Å². The van der Waals surface area contributed by atoms with Crippen LogP contribution in [-0.2, 0) is 0 Å². The monoisotopic (exact) mass is 299 g/mol. The summed E-state index contributed by atoms with van der Waals surface area (Å²) < 4.78 is 5.20. The molecule has 0 saturated carbocycles. The van der Waals surface area contributed by atoms with Crippen molar-refractivity contribution in [2.24, 2.45) is 0 Å². The van der Waals surface area contributed by atoms with Gasteiger partial charge in [-0.1, -0.05) is 23.7 Å². The van der Waals surface area contributed by atoms with Crippen LogP contribution < -0.4 is 5.32 Å². The third-order valence-corrected chi connectivity index (χ3v) is 3.19. The lowest BCUT2D eigenvalue weighted by Crippen LogP contribution is -2.12. The quantitative estimate of drug-likeness (QED) is 0.801. The predicted octanol–water partition coefficient (Wildman–Crippen LogP) is 3.64. The molecule has 21 heavy (non-hydrogen) atoms. The molecule has 0 bridgehead atoms. The van der Waals surface area contributed by atoms with Gasteiger partial charge in [0.1, 0.15) is 0 Å². The highest BCUT2D eigenvalue weighted by molar-refractivity contribution is 6.33. The number of carbonyl (C=O) groups is 1. The highest BCUT2D eigenvalue weighted by atomic mass is 35.5. The van der Waals surface area contributed by atoms with Crippen molar-refractivity contribution in [3.8, 4) is 11.3 Å². The van der Waals surface area contributed by atoms with E-state index in [1.165, 1.54) is 12.6 Å². The number of hydrogen-bond donors (Lipinski definition) is 1. The van der Waals surface area contributed by atoms with E-state index >= 15 is 0 Å². The average molecular weight is 300 g/mol. The molecule has 5 nitrogen and oxygen atoms in total. The maximum atomic E-state index is 12.1. The minimum atomic E-state index is -0.243. The Hall–Kier alpha value is -2.66. The molecule has 0 unspecified atom stereocenters. The molecule has 2 aromatic heterocycles. The summed E-state index contributed by atoms with van der Waals surface area (Å²) in [7, 11) is 0. The molecule has 1 amide bonds. The van der Waals surface area contributed by atoms with Crippen molar-refractivity contribution in [1.29, 1.82) is 0 Å². The van der Waals surface area contributed by atoms with E-state index in [0.29, 0.717) is 22.0 Å². The van der Waals surface area contributed by atoms with Gasteiger partial charge in [-0.25, -0.2) is 4.98 Å². The van der Waals surface area contributed by atoms with E-state index < -0.39 is 0 Å². The van der Waals surface area contributed by atoms with Crippen molar-refractivity contribution in [2.45, 2.75) is 0 Å². The third-order valence-electron chi connectivity index (χ3n) is 2.88. The van der Waals surface area contributed by atoms with Crippen LogP contribution in [0.3, 0.4) is 0 Å². The summed E-state index contributed by atoms with van der Waals surface area (Å²) in [5.74, 6) is 0.409. The van der Waals surface area contributed by atoms with Crippen LogP contribution in [0.1, 0.15) is 10.4 Å². The summed E-state index contributed by atoms with van der Waals surface area (Å²) in [6, 6.07) is 8.65. The second-order valence-electron chi connectivity index (χ2n) is 4.25. The average Bonchev–Trinajstić information content (AvgIpc) is 3.04. The van der Waals surface area contributed by atoms with Crippen molar-refractivity contribution in [3.63, 3.8) is 0 Å². The first-order chi connectivity index (χ1) is 10.2. The number of anilines is 1. The molecular formula is C15H10ClN3O2. The summed E-state index contributed by atoms with van der Waals surface area (Å²) in [6.45, 7) is 0. The van der Waals surface area contributed by atoms with Gasteiger partial charge in [-0.3, -0.25) is 9.78 Å². The van der Waals surface area contributed by atoms with E-state index in [1.807, 2.05) is 0 Å². The van der Waals surface area contributed by atoms with E-state index in [9.17, 15) is 4.79 Å². The number of amides is 1. The van der Waals surface area contributed by atoms with Gasteiger partial charge in [-0.15, -0.1) is 0 Å². The molecule has 104 valence electrons. The molecule has 0 aliphatic heterocycles. The zero-order chi connectivity index (χ0) is 14.7. The smallest absolute Gasteiger partial charge is 0.255 e. The number of rotatable bonds is 3. The Morgan fingerprint density at radius 2 is 1.90 bits per heavy atom. The Labute approximate surface area is 125 Å². The molecule has 0 saturated heterocycles. The number of hydrogen-bond acceptors (Lipinski definition) is 4. The minimum Gasteiger partial charge on any atom is -0.444 e. The van der Waals surface area contributed by atoms with Crippen molar-refractivity contribution in [2.75, 3.05) is 5.32 Å². The molecule has 1 N–H and O–H groups in total. The topological polar surface area (TPSA) is 68.0 Å². The highest BCUT2D eigenvalue weighted by Gasteiger charge is 2.09. The molecule has 0 aliphatic carbocycles. The van der Waals surface area contributed by atoms with Crippen molar-refractivity contribution < 1.29 is 9.21 Å². The van der Waals surface area contributed by atoms with Gasteiger partial charge in [0.15, 0.2) is 12.2 Å². The van der Waals surface area contributed by atoms with Gasteiger partial charge in [0, 0.05) is 23.5 Å². The zero-order valence-electron chi connectivity index (χ0n) is 10.8. The lowest BCUT2D eigenvalue weighted by atomic mass is 10.1. The van der Waals surface area contributed by atoms with Crippen LogP contribution in [0.4, 0.5) is 5.69 Å². The Morgan fingerprint density at radius 1 is 1.10 bits per heavy atom. The van der Waals surface area contributed by atoms with Crippen molar-refractivity contribution in [3.05, 3.63) is 65.9 Å². The number of oxazole rings is 1. The number of aromatic nitrogens is 2. The third kappa shape index (κ3) is 2.93. The van der Waals surface area contributed by atoms with Crippen molar-refractivity contribution >= 4 is 23.2 Å². The predicted molar refractivity (Wildman–Crippen MR) is 79.1 cm³/mol. The van der Waals surface area contributed by atoms with Gasteiger partial charge in [-0.05, 0) is 18.2 Å². The zero-order valence-corrected chi connectivity index (χ0v) is 11.5. The Balaban J connectivity index is 1.78. The van der Waals surface area contributed by atoms with E-state index in [2.05, 4.69) is 15.3 Å². The lowest BCUT2D eigenvalue weighted by molar-refractivity contribution is 0.102. The van der Waals surface area contributed by atoms with Crippen LogP contribution in [0.2, 0.25) is 5.02 Å². The SMILES string of the molecule is O=C(Nc1ccncc1Cl)c1ccc(-c2cnco2)cc1. The molecule has 0 radical (unpaired) electrons. The lowest BCUT2D eigenvalue weighted by Gasteiger charge is -2.06. The number of nitrogens with zero attached hydrogens (tertiary/aromatic N) is 2. The fourth-order valence-electron chi connectivity index (χ4n) is 1.82. The molecule has 6 heteroatoms. The van der Waals surface area contributed by atoms with Crippen LogP contribution in [0.25, 0.3) is 11.3 Å². The fraction of sp³-hybridized carbons (Fsp3) is 0. The van der Waals surface area contributed by atoms with Crippen LogP contribution in [0.5, 0.6) is 0 Å². The summed E-state index contributed by atoms with van der Waals surface area (Å²) in [5.41, 5.74) is 1.90. The number of pyridine rings is 1. The Bertz CT molecular complexity index is 755. The second kappa shape index (κ2) is 5.76. The fourth-order valence-corrected chi connectivity index (χ4v) is 1.98. The number of halogens is 1. The summed E-state index contributed by atoms with van der Waals surface area (Å²) in [5, 5.41) is 3.13.